The first-order chi connectivity index (χ1) is 5.38. The van der Waals surface area contributed by atoms with E-state index in [1.807, 2.05) is 13.1 Å². The molecule has 0 radical (unpaired) electrons. The summed E-state index contributed by atoms with van der Waals surface area (Å²) in [5.74, 6) is 0. The molecule has 0 amide bonds. The van der Waals surface area contributed by atoms with Crippen LogP contribution in [-0.4, -0.2) is 25.2 Å². The first kappa shape index (κ1) is 6.09. The first-order valence-electron chi connectivity index (χ1n) is 3.22. The summed E-state index contributed by atoms with van der Waals surface area (Å²) in [5.41, 5.74) is 1.86. The summed E-state index contributed by atoms with van der Waals surface area (Å²) in [5, 5.41) is 14.2. The third-order valence-corrected chi connectivity index (χ3v) is 1.49. The minimum atomic E-state index is 0.928. The fraction of sp³-hybridized carbons (Fsp3) is 0.167. The summed E-state index contributed by atoms with van der Waals surface area (Å²) in [7, 11) is 1.84. The van der Waals surface area contributed by atoms with Crippen molar-refractivity contribution in [3.8, 4) is 11.4 Å². The largest absolute Gasteiger partial charge is 0.276 e. The van der Waals surface area contributed by atoms with Crippen LogP contribution in [0, 0.1) is 0 Å². The van der Waals surface area contributed by atoms with E-state index in [4.69, 9.17) is 0 Å². The maximum atomic E-state index is 3.83. The number of rotatable bonds is 1. The second-order valence-electron chi connectivity index (χ2n) is 2.21. The standard InChI is InChI=1S/C6H7N5/c1-11-6(4-8-10-11)5-2-3-7-9-5/h2-4H,1H3,(H,7,9). The first-order valence-corrected chi connectivity index (χ1v) is 3.22. The average molecular weight is 149 g/mol. The van der Waals surface area contributed by atoms with Crippen LogP contribution in [-0.2, 0) is 7.05 Å². The van der Waals surface area contributed by atoms with Gasteiger partial charge in [0.15, 0.2) is 0 Å². The Morgan fingerprint density at radius 3 is 3.00 bits per heavy atom. The third-order valence-electron chi connectivity index (χ3n) is 1.49. The van der Waals surface area contributed by atoms with Crippen molar-refractivity contribution >= 4 is 0 Å². The molecule has 0 aliphatic heterocycles. The van der Waals surface area contributed by atoms with E-state index < -0.39 is 0 Å². The molecule has 0 bridgehead atoms. The minimum absolute atomic E-state index is 0.928. The van der Waals surface area contributed by atoms with Crippen LogP contribution in [0.25, 0.3) is 11.4 Å². The Balaban J connectivity index is 2.53. The molecule has 0 aromatic carbocycles. The fourth-order valence-electron chi connectivity index (χ4n) is 0.932. The lowest BCUT2D eigenvalue weighted by atomic mass is 10.3. The van der Waals surface area contributed by atoms with Crippen molar-refractivity contribution in [1.82, 2.24) is 25.2 Å². The van der Waals surface area contributed by atoms with E-state index in [0.29, 0.717) is 0 Å². The van der Waals surface area contributed by atoms with Crippen molar-refractivity contribution < 1.29 is 0 Å². The molecule has 2 aromatic heterocycles. The predicted molar refractivity (Wildman–Crippen MR) is 38.6 cm³/mol. The Labute approximate surface area is 63.0 Å². The van der Waals surface area contributed by atoms with Crippen LogP contribution >= 0.6 is 0 Å². The van der Waals surface area contributed by atoms with Gasteiger partial charge in [-0.2, -0.15) is 5.10 Å². The van der Waals surface area contributed by atoms with E-state index in [2.05, 4.69) is 20.5 Å². The van der Waals surface area contributed by atoms with Gasteiger partial charge in [-0.15, -0.1) is 5.10 Å². The molecule has 56 valence electrons. The number of aromatic amines is 1. The van der Waals surface area contributed by atoms with Crippen LogP contribution in [0.4, 0.5) is 0 Å². The van der Waals surface area contributed by atoms with Crippen molar-refractivity contribution in [3.05, 3.63) is 18.5 Å². The summed E-state index contributed by atoms with van der Waals surface area (Å²) in [6.07, 6.45) is 3.38. The van der Waals surface area contributed by atoms with E-state index >= 15 is 0 Å². The van der Waals surface area contributed by atoms with Gasteiger partial charge in [0.05, 0.1) is 11.9 Å². The van der Waals surface area contributed by atoms with Crippen LogP contribution in [0.15, 0.2) is 18.5 Å². The molecule has 2 aromatic rings. The summed E-state index contributed by atoms with van der Waals surface area (Å²) in [4.78, 5) is 0. The SMILES string of the molecule is Cn1nncc1-c1ccn[nH]1. The molecule has 0 saturated carbocycles. The average Bonchev–Trinajstić information content (AvgIpc) is 2.55. The Morgan fingerprint density at radius 2 is 2.45 bits per heavy atom. The molecule has 0 unspecified atom stereocenters. The summed E-state index contributed by atoms with van der Waals surface area (Å²) in [6, 6.07) is 1.87. The van der Waals surface area contributed by atoms with Gasteiger partial charge in [-0.05, 0) is 6.07 Å². The molecule has 0 aliphatic rings. The number of aromatic nitrogens is 5. The quantitative estimate of drug-likeness (QED) is 0.630. The second kappa shape index (κ2) is 2.19. The van der Waals surface area contributed by atoms with Gasteiger partial charge < -0.3 is 0 Å². The van der Waals surface area contributed by atoms with E-state index in [1.165, 1.54) is 0 Å². The molecular formula is C6H7N5. The predicted octanol–water partition coefficient (Wildman–Crippen LogP) is 0.205. The molecule has 5 heteroatoms. The molecule has 0 spiro atoms. The van der Waals surface area contributed by atoms with Gasteiger partial charge in [0.1, 0.15) is 5.69 Å². The van der Waals surface area contributed by atoms with Gasteiger partial charge in [-0.1, -0.05) is 5.21 Å². The molecule has 5 nitrogen and oxygen atoms in total. The van der Waals surface area contributed by atoms with E-state index in [0.717, 1.165) is 11.4 Å². The van der Waals surface area contributed by atoms with Gasteiger partial charge in [0, 0.05) is 13.2 Å². The fourth-order valence-corrected chi connectivity index (χ4v) is 0.932. The highest BCUT2D eigenvalue weighted by molar-refractivity contribution is 5.51. The smallest absolute Gasteiger partial charge is 0.106 e. The molecule has 0 saturated heterocycles. The second-order valence-corrected chi connectivity index (χ2v) is 2.21. The zero-order chi connectivity index (χ0) is 7.68. The van der Waals surface area contributed by atoms with Crippen molar-refractivity contribution in [2.45, 2.75) is 0 Å². The molecule has 0 atom stereocenters. The van der Waals surface area contributed by atoms with Crippen molar-refractivity contribution in [2.24, 2.45) is 7.05 Å². The zero-order valence-electron chi connectivity index (χ0n) is 6.02. The maximum Gasteiger partial charge on any atom is 0.106 e. The Kier molecular flexibility index (Phi) is 1.21. The number of hydrogen-bond acceptors (Lipinski definition) is 3. The highest BCUT2D eigenvalue weighted by atomic mass is 15.4. The molecular weight excluding hydrogens is 142 g/mol. The van der Waals surface area contributed by atoms with Gasteiger partial charge in [-0.25, -0.2) is 4.68 Å². The number of nitrogens with one attached hydrogen (secondary N) is 1. The molecule has 0 fully saturated rings. The van der Waals surface area contributed by atoms with Crippen molar-refractivity contribution in [2.75, 3.05) is 0 Å². The van der Waals surface area contributed by atoms with Crippen LogP contribution < -0.4 is 0 Å². The van der Waals surface area contributed by atoms with E-state index in [-0.39, 0.29) is 0 Å². The van der Waals surface area contributed by atoms with Gasteiger partial charge in [0.2, 0.25) is 0 Å². The molecule has 2 rings (SSSR count). The molecule has 11 heavy (non-hydrogen) atoms. The van der Waals surface area contributed by atoms with Gasteiger partial charge >= 0.3 is 0 Å². The maximum absolute atomic E-state index is 3.83. The molecule has 2 heterocycles. The van der Waals surface area contributed by atoms with Gasteiger partial charge in [-0.3, -0.25) is 5.10 Å². The monoisotopic (exact) mass is 149 g/mol. The van der Waals surface area contributed by atoms with Crippen molar-refractivity contribution in [1.29, 1.82) is 0 Å². The highest BCUT2D eigenvalue weighted by Crippen LogP contribution is 2.11. The van der Waals surface area contributed by atoms with Crippen molar-refractivity contribution in [3.63, 3.8) is 0 Å². The summed E-state index contributed by atoms with van der Waals surface area (Å²) < 4.78 is 1.69. The van der Waals surface area contributed by atoms with E-state index in [1.54, 1.807) is 17.1 Å². The highest BCUT2D eigenvalue weighted by Gasteiger charge is 2.02. The number of hydrogen-bond donors (Lipinski definition) is 1. The Bertz CT molecular complexity index is 333. The Morgan fingerprint density at radius 1 is 1.55 bits per heavy atom. The topological polar surface area (TPSA) is 59.4 Å². The lowest BCUT2D eigenvalue weighted by Crippen LogP contribution is -1.93. The third kappa shape index (κ3) is 0.899. The van der Waals surface area contributed by atoms with Crippen LogP contribution in [0.3, 0.4) is 0 Å². The Hall–Kier alpha value is -1.65. The van der Waals surface area contributed by atoms with Gasteiger partial charge in [0.25, 0.3) is 0 Å². The number of aryl methyl sites for hydroxylation is 1. The van der Waals surface area contributed by atoms with Crippen LogP contribution in [0.2, 0.25) is 0 Å². The lowest BCUT2D eigenvalue weighted by Gasteiger charge is -1.93. The normalized spacial score (nSPS) is 10.3. The molecule has 1 N–H and O–H groups in total. The zero-order valence-corrected chi connectivity index (χ0v) is 6.02. The minimum Gasteiger partial charge on any atom is -0.276 e. The number of H-pyrrole nitrogens is 1. The molecule has 0 aliphatic carbocycles. The summed E-state index contributed by atoms with van der Waals surface area (Å²) >= 11 is 0. The lowest BCUT2D eigenvalue weighted by molar-refractivity contribution is 0.719. The van der Waals surface area contributed by atoms with E-state index in [9.17, 15) is 0 Å². The summed E-state index contributed by atoms with van der Waals surface area (Å²) in [6.45, 7) is 0. The number of nitrogens with zero attached hydrogens (tertiary/aromatic N) is 4. The van der Waals surface area contributed by atoms with Crippen LogP contribution in [0.5, 0.6) is 0 Å². The van der Waals surface area contributed by atoms with Crippen LogP contribution in [0.1, 0.15) is 0 Å².